The molecule has 0 aliphatic rings. The van der Waals surface area contributed by atoms with E-state index in [4.69, 9.17) is 22.3 Å². The lowest BCUT2D eigenvalue weighted by Gasteiger charge is -2.16. The first-order valence-electron chi connectivity index (χ1n) is 14.0. The summed E-state index contributed by atoms with van der Waals surface area (Å²) >= 11 is 1.76. The Bertz CT molecular complexity index is 1970. The fraction of sp³-hybridized carbons (Fsp3) is 0.121. The summed E-state index contributed by atoms with van der Waals surface area (Å²) in [6.45, 7) is 0. The molecule has 5 aromatic rings. The van der Waals surface area contributed by atoms with E-state index in [1.165, 1.54) is 60.7 Å². The van der Waals surface area contributed by atoms with Crippen molar-refractivity contribution in [1.29, 1.82) is 10.8 Å². The highest BCUT2D eigenvalue weighted by molar-refractivity contribution is 8.14. The smallest absolute Gasteiger partial charge is 0.314 e. The average Bonchev–Trinajstić information content (AvgIpc) is 3.07. The van der Waals surface area contributed by atoms with E-state index in [0.29, 0.717) is 5.69 Å². The zero-order chi connectivity index (χ0) is 34.6. The maximum Gasteiger partial charge on any atom is 0.417 e. The van der Waals surface area contributed by atoms with Gasteiger partial charge in [0, 0.05) is 11.1 Å². The van der Waals surface area contributed by atoms with E-state index >= 15 is 0 Å². The number of aromatic nitrogens is 3. The largest absolute Gasteiger partial charge is 0.417 e. The van der Waals surface area contributed by atoms with Crippen LogP contribution < -0.4 is 11.5 Å². The lowest BCUT2D eigenvalue weighted by atomic mass is 10.0. The van der Waals surface area contributed by atoms with Crippen LogP contribution in [0.15, 0.2) is 103 Å². The van der Waals surface area contributed by atoms with Crippen molar-refractivity contribution in [3.8, 4) is 22.5 Å². The van der Waals surface area contributed by atoms with Crippen LogP contribution in [-0.2, 0) is 12.4 Å². The predicted octanol–water partition coefficient (Wildman–Crippen LogP) is 8.68. The average molecular weight is 698 g/mol. The Labute approximate surface area is 279 Å². The third kappa shape index (κ3) is 8.10. The van der Waals surface area contributed by atoms with Gasteiger partial charge in [0.25, 0.3) is 0 Å². The molecule has 7 nitrogen and oxygen atoms in total. The van der Waals surface area contributed by atoms with Gasteiger partial charge in [-0.3, -0.25) is 15.8 Å². The SMILES string of the molecule is N=C(SC(N)c1cccc(C(=N)SC(N)c2cccc(-c3ccccc3C(F)(F)F)n2)n1)c1cccc(-c2ccccc2C(F)(F)F)n1. The van der Waals surface area contributed by atoms with Crippen LogP contribution in [0.4, 0.5) is 26.3 Å². The summed E-state index contributed by atoms with van der Waals surface area (Å²) in [6, 6.07) is 23.9. The van der Waals surface area contributed by atoms with E-state index in [2.05, 4.69) is 15.0 Å². The molecule has 2 unspecified atom stereocenters. The van der Waals surface area contributed by atoms with Crippen molar-refractivity contribution >= 4 is 33.6 Å². The number of nitrogens with zero attached hydrogens (tertiary/aromatic N) is 3. The number of hydrogen-bond donors (Lipinski definition) is 4. The molecule has 246 valence electrons. The minimum atomic E-state index is -4.59. The highest BCUT2D eigenvalue weighted by atomic mass is 32.2. The molecule has 3 heterocycles. The number of nitrogens with two attached hydrogens (primary N) is 2. The lowest BCUT2D eigenvalue weighted by molar-refractivity contribution is -0.137. The van der Waals surface area contributed by atoms with E-state index in [-0.39, 0.29) is 49.7 Å². The Balaban J connectivity index is 1.28. The second-order valence-corrected chi connectivity index (χ2v) is 12.4. The minimum Gasteiger partial charge on any atom is -0.314 e. The van der Waals surface area contributed by atoms with Gasteiger partial charge in [0.05, 0.1) is 56.0 Å². The zero-order valence-corrected chi connectivity index (χ0v) is 26.2. The van der Waals surface area contributed by atoms with E-state index in [9.17, 15) is 26.3 Å². The molecule has 3 aromatic heterocycles. The predicted molar refractivity (Wildman–Crippen MR) is 176 cm³/mol. The Kier molecular flexibility index (Phi) is 10.3. The third-order valence-corrected chi connectivity index (χ3v) is 8.73. The summed E-state index contributed by atoms with van der Waals surface area (Å²) in [7, 11) is 0. The molecule has 0 amide bonds. The van der Waals surface area contributed by atoms with Crippen molar-refractivity contribution in [2.75, 3.05) is 0 Å². The normalized spacial score (nSPS) is 13.2. The van der Waals surface area contributed by atoms with Crippen LogP contribution >= 0.6 is 23.5 Å². The van der Waals surface area contributed by atoms with Crippen molar-refractivity contribution in [1.82, 2.24) is 15.0 Å². The molecule has 0 saturated carbocycles. The van der Waals surface area contributed by atoms with Gasteiger partial charge in [-0.15, -0.1) is 0 Å². The number of rotatable bonds is 8. The van der Waals surface area contributed by atoms with Crippen molar-refractivity contribution in [2.24, 2.45) is 11.5 Å². The molecule has 0 fully saturated rings. The lowest BCUT2D eigenvalue weighted by Crippen LogP contribution is -2.15. The summed E-state index contributed by atoms with van der Waals surface area (Å²) < 4.78 is 81.4. The van der Waals surface area contributed by atoms with Crippen LogP contribution in [0.1, 0.15) is 44.7 Å². The van der Waals surface area contributed by atoms with Crippen molar-refractivity contribution in [3.63, 3.8) is 0 Å². The molecule has 48 heavy (non-hydrogen) atoms. The monoisotopic (exact) mass is 697 g/mol. The van der Waals surface area contributed by atoms with Crippen LogP contribution in [-0.4, -0.2) is 25.0 Å². The van der Waals surface area contributed by atoms with Crippen molar-refractivity contribution < 1.29 is 26.3 Å². The molecule has 0 saturated heterocycles. The molecule has 6 N–H and O–H groups in total. The van der Waals surface area contributed by atoms with E-state index in [1.54, 1.807) is 30.3 Å². The molecule has 0 radical (unpaired) electrons. The summed E-state index contributed by atoms with van der Waals surface area (Å²) in [5, 5.41) is 15.1. The molecule has 2 aromatic carbocycles. The third-order valence-electron chi connectivity index (χ3n) is 6.85. The first kappa shape index (κ1) is 34.8. The maximum absolute atomic E-state index is 13.6. The van der Waals surface area contributed by atoms with Crippen LogP contribution in [0.25, 0.3) is 22.5 Å². The number of nitrogens with one attached hydrogen (secondary N) is 2. The fourth-order valence-corrected chi connectivity index (χ4v) is 6.09. The van der Waals surface area contributed by atoms with Crippen molar-refractivity contribution in [3.05, 3.63) is 137 Å². The highest BCUT2D eigenvalue weighted by Gasteiger charge is 2.34. The van der Waals surface area contributed by atoms with Gasteiger partial charge in [-0.25, -0.2) is 9.97 Å². The molecular weight excluding hydrogens is 673 g/mol. The van der Waals surface area contributed by atoms with E-state index in [0.717, 1.165) is 35.7 Å². The number of thioether (sulfide) groups is 2. The second-order valence-electron chi connectivity index (χ2n) is 10.1. The Morgan fingerprint density at radius 3 is 1.42 bits per heavy atom. The van der Waals surface area contributed by atoms with Gasteiger partial charge in [-0.05, 0) is 48.5 Å². The Hall–Kier alpha value is -4.57. The summed E-state index contributed by atoms with van der Waals surface area (Å²) in [5.74, 6) is 0. The van der Waals surface area contributed by atoms with Gasteiger partial charge in [0.2, 0.25) is 0 Å². The van der Waals surface area contributed by atoms with Crippen LogP contribution in [0, 0.1) is 10.8 Å². The molecule has 15 heteroatoms. The molecule has 2 atom stereocenters. The van der Waals surface area contributed by atoms with Crippen LogP contribution in [0.5, 0.6) is 0 Å². The van der Waals surface area contributed by atoms with Gasteiger partial charge >= 0.3 is 12.4 Å². The zero-order valence-electron chi connectivity index (χ0n) is 24.6. The van der Waals surface area contributed by atoms with Crippen LogP contribution in [0.2, 0.25) is 0 Å². The van der Waals surface area contributed by atoms with Gasteiger partial charge in [-0.1, -0.05) is 78.1 Å². The van der Waals surface area contributed by atoms with E-state index in [1.807, 2.05) is 0 Å². The molecule has 0 bridgehead atoms. The number of hydrogen-bond acceptors (Lipinski definition) is 9. The van der Waals surface area contributed by atoms with Crippen LogP contribution in [0.3, 0.4) is 0 Å². The summed E-state index contributed by atoms with van der Waals surface area (Å²) in [4.78, 5) is 13.1. The maximum atomic E-state index is 13.6. The quantitative estimate of drug-likeness (QED) is 0.0551. The first-order valence-corrected chi connectivity index (χ1v) is 15.7. The number of benzene rings is 2. The van der Waals surface area contributed by atoms with Gasteiger partial charge in [-0.2, -0.15) is 26.3 Å². The van der Waals surface area contributed by atoms with Crippen molar-refractivity contribution in [2.45, 2.75) is 23.1 Å². The van der Waals surface area contributed by atoms with Gasteiger partial charge < -0.3 is 11.5 Å². The number of alkyl halides is 6. The van der Waals surface area contributed by atoms with E-state index < -0.39 is 34.2 Å². The molecule has 0 aliphatic carbocycles. The van der Waals surface area contributed by atoms with Gasteiger partial charge in [0.15, 0.2) is 0 Å². The fourth-order valence-electron chi connectivity index (χ4n) is 4.61. The summed E-state index contributed by atoms with van der Waals surface area (Å²) in [6.07, 6.45) is -9.17. The second kappa shape index (κ2) is 14.3. The Morgan fingerprint density at radius 1 is 0.521 bits per heavy atom. The standard InChI is InChI=1S/C33H25F6N7S2/c34-32(35,36)20-10-3-1-8-18(20)22-12-5-14-24(44-22)28(40)47-30(42)26-16-7-17-27(46-26)31(43)48-29(41)25-15-6-13-23(45-25)19-9-2-4-11-21(19)33(37,38)39/h1-17,28,31,41-42H,40,43H2. The molecule has 0 aliphatic heterocycles. The number of pyridine rings is 3. The topological polar surface area (TPSA) is 138 Å². The molecule has 0 spiro atoms. The number of halogens is 6. The molecular formula is C33H25F6N7S2. The first-order chi connectivity index (χ1) is 22.7. The minimum absolute atomic E-state index is 0.0471. The Morgan fingerprint density at radius 2 is 0.917 bits per heavy atom. The van der Waals surface area contributed by atoms with Gasteiger partial charge in [0.1, 0.15) is 10.1 Å². The highest BCUT2D eigenvalue weighted by Crippen LogP contribution is 2.38. The summed E-state index contributed by atoms with van der Waals surface area (Å²) in [5.41, 5.74) is 11.7. The molecule has 5 rings (SSSR count).